The van der Waals surface area contributed by atoms with Gasteiger partial charge in [0.2, 0.25) is 11.8 Å². The Morgan fingerprint density at radius 2 is 1.73 bits per heavy atom. The topological polar surface area (TPSA) is 89.6 Å². The fraction of sp³-hybridized carbons (Fsp3) is 0.387. The number of piperidine rings is 1. The Kier molecular flexibility index (Phi) is 6.61. The van der Waals surface area contributed by atoms with Crippen LogP contribution in [0.25, 0.3) is 11.0 Å². The first-order valence-electron chi connectivity index (χ1n) is 14.3. The van der Waals surface area contributed by atoms with Crippen LogP contribution in [0.5, 0.6) is 11.6 Å². The van der Waals surface area contributed by atoms with Gasteiger partial charge in [0.15, 0.2) is 5.78 Å². The molecule has 1 aliphatic carbocycles. The lowest BCUT2D eigenvalue weighted by atomic mass is 10.0. The Hall–Kier alpha value is -3.95. The summed E-state index contributed by atoms with van der Waals surface area (Å²) in [5.74, 6) is 1.52. The number of piperazine rings is 1. The number of aryl methyl sites for hydroxylation is 1. The summed E-state index contributed by atoms with van der Waals surface area (Å²) in [6, 6.07) is 16.8. The zero-order valence-electron chi connectivity index (χ0n) is 22.9. The minimum absolute atomic E-state index is 0.118. The number of rotatable bonds is 6. The maximum atomic E-state index is 12.5. The molecule has 0 unspecified atom stereocenters. The molecule has 0 bridgehead atoms. The fourth-order valence-corrected chi connectivity index (χ4v) is 6.27. The van der Waals surface area contributed by atoms with E-state index in [0.29, 0.717) is 41.3 Å². The highest BCUT2D eigenvalue weighted by Gasteiger charge is 2.27. The predicted molar refractivity (Wildman–Crippen MR) is 157 cm³/mol. The molecule has 2 saturated heterocycles. The summed E-state index contributed by atoms with van der Waals surface area (Å²) < 4.78 is 6.25. The molecule has 2 fully saturated rings. The van der Waals surface area contributed by atoms with Gasteiger partial charge in [0, 0.05) is 69.3 Å². The maximum Gasteiger partial charge on any atom is 0.233 e. The highest BCUT2D eigenvalue weighted by molar-refractivity contribution is 6.03. The van der Waals surface area contributed by atoms with E-state index in [0.717, 1.165) is 36.1 Å². The van der Waals surface area contributed by atoms with Crippen molar-refractivity contribution < 1.29 is 9.53 Å². The molecule has 0 spiro atoms. The van der Waals surface area contributed by atoms with Crippen molar-refractivity contribution in [2.24, 2.45) is 0 Å². The van der Waals surface area contributed by atoms with Gasteiger partial charge >= 0.3 is 0 Å². The van der Waals surface area contributed by atoms with Crippen LogP contribution in [-0.4, -0.2) is 82.9 Å². The van der Waals surface area contributed by atoms with E-state index in [9.17, 15) is 4.79 Å². The highest BCUT2D eigenvalue weighted by Crippen LogP contribution is 2.36. The molecule has 9 heteroatoms. The van der Waals surface area contributed by atoms with E-state index >= 15 is 0 Å². The number of fused-ring (bicyclic) bond motifs is 2. The summed E-state index contributed by atoms with van der Waals surface area (Å²) in [5, 5.41) is 4.11. The molecule has 0 radical (unpaired) electrons. The number of anilines is 3. The number of aromatic amines is 1. The summed E-state index contributed by atoms with van der Waals surface area (Å²) in [6.45, 7) is 6.91. The van der Waals surface area contributed by atoms with Crippen molar-refractivity contribution in [1.29, 1.82) is 0 Å². The summed E-state index contributed by atoms with van der Waals surface area (Å²) in [4.78, 5) is 32.6. The van der Waals surface area contributed by atoms with Crippen LogP contribution < -0.4 is 15.0 Å². The SMILES string of the molecule is CN1CCN(C2CCN(c3ccc(Nc4nc(Oc5cccc6c5C(=O)CC6)c5cc[nH]c5n4)cc3)CC2)CC1. The zero-order chi connectivity index (χ0) is 27.1. The number of likely N-dealkylation sites (N-methyl/N-ethyl adjacent to an activating group) is 1. The number of H-pyrrole nitrogens is 1. The molecule has 4 heterocycles. The summed E-state index contributed by atoms with van der Waals surface area (Å²) in [7, 11) is 2.22. The van der Waals surface area contributed by atoms with E-state index in [1.807, 2.05) is 30.5 Å². The largest absolute Gasteiger partial charge is 0.437 e. The average Bonchev–Trinajstić information content (AvgIpc) is 3.61. The Bertz CT molecular complexity index is 1520. The Morgan fingerprint density at radius 1 is 0.925 bits per heavy atom. The molecule has 3 aliphatic rings. The maximum absolute atomic E-state index is 12.5. The molecule has 7 rings (SSSR count). The highest BCUT2D eigenvalue weighted by atomic mass is 16.5. The second kappa shape index (κ2) is 10.6. The van der Waals surface area contributed by atoms with Gasteiger partial charge in [-0.3, -0.25) is 9.69 Å². The van der Waals surface area contributed by atoms with Gasteiger partial charge in [-0.1, -0.05) is 12.1 Å². The van der Waals surface area contributed by atoms with Crippen LogP contribution in [0.3, 0.4) is 0 Å². The molecular weight excluding hydrogens is 502 g/mol. The zero-order valence-corrected chi connectivity index (χ0v) is 22.9. The van der Waals surface area contributed by atoms with Gasteiger partial charge in [0.05, 0.1) is 10.9 Å². The number of ketones is 1. The molecule has 2 N–H and O–H groups in total. The molecule has 206 valence electrons. The molecule has 2 aliphatic heterocycles. The van der Waals surface area contributed by atoms with E-state index in [1.54, 1.807) is 0 Å². The first kappa shape index (κ1) is 25.0. The first-order valence-corrected chi connectivity index (χ1v) is 14.3. The number of nitrogens with zero attached hydrogens (tertiary/aromatic N) is 5. The van der Waals surface area contributed by atoms with Crippen LogP contribution in [0.4, 0.5) is 17.3 Å². The van der Waals surface area contributed by atoms with E-state index < -0.39 is 0 Å². The second-order valence-corrected chi connectivity index (χ2v) is 11.1. The lowest BCUT2D eigenvalue weighted by Crippen LogP contribution is -2.52. The van der Waals surface area contributed by atoms with Crippen molar-refractivity contribution in [1.82, 2.24) is 24.8 Å². The van der Waals surface area contributed by atoms with Gasteiger partial charge in [0.25, 0.3) is 0 Å². The van der Waals surface area contributed by atoms with E-state index in [1.165, 1.54) is 44.7 Å². The van der Waals surface area contributed by atoms with Gasteiger partial charge in [-0.15, -0.1) is 0 Å². The number of carbonyl (C=O) groups is 1. The van der Waals surface area contributed by atoms with Crippen LogP contribution in [0.15, 0.2) is 54.7 Å². The van der Waals surface area contributed by atoms with Crippen molar-refractivity contribution in [2.75, 3.05) is 56.5 Å². The molecule has 0 atom stereocenters. The third kappa shape index (κ3) is 4.91. The van der Waals surface area contributed by atoms with Gasteiger partial charge < -0.3 is 24.8 Å². The minimum Gasteiger partial charge on any atom is -0.437 e. The number of carbonyl (C=O) groups excluding carboxylic acids is 1. The summed E-state index contributed by atoms with van der Waals surface area (Å²) >= 11 is 0. The van der Waals surface area contributed by atoms with Crippen molar-refractivity contribution >= 4 is 34.1 Å². The number of aromatic nitrogens is 3. The van der Waals surface area contributed by atoms with Gasteiger partial charge in [-0.25, -0.2) is 0 Å². The third-order valence-corrected chi connectivity index (χ3v) is 8.61. The normalized spacial score (nSPS) is 18.8. The van der Waals surface area contributed by atoms with Crippen LogP contribution >= 0.6 is 0 Å². The minimum atomic E-state index is 0.118. The average molecular weight is 538 g/mol. The summed E-state index contributed by atoms with van der Waals surface area (Å²) in [6.07, 6.45) is 5.53. The number of hydrogen-bond acceptors (Lipinski definition) is 8. The Morgan fingerprint density at radius 3 is 2.52 bits per heavy atom. The number of nitrogens with one attached hydrogen (secondary N) is 2. The number of Topliss-reactive ketones (excluding diaryl/α,β-unsaturated/α-hetero) is 1. The van der Waals surface area contributed by atoms with Crippen LogP contribution in [0.1, 0.15) is 35.2 Å². The predicted octanol–water partition coefficient (Wildman–Crippen LogP) is 4.84. The Balaban J connectivity index is 1.04. The Labute approximate surface area is 234 Å². The van der Waals surface area contributed by atoms with Gasteiger partial charge in [-0.2, -0.15) is 9.97 Å². The van der Waals surface area contributed by atoms with Crippen molar-refractivity contribution in [3.8, 4) is 11.6 Å². The number of benzene rings is 2. The molecular formula is C31H35N7O2. The lowest BCUT2D eigenvalue weighted by molar-refractivity contribution is 0.0982. The van der Waals surface area contributed by atoms with E-state index in [2.05, 4.69) is 61.3 Å². The number of ether oxygens (including phenoxy) is 1. The van der Waals surface area contributed by atoms with Crippen molar-refractivity contribution in [3.63, 3.8) is 0 Å². The quantitative estimate of drug-likeness (QED) is 0.361. The standard InChI is InChI=1S/C31H35N7O2/c1-36-17-19-38(20-18-36)24-12-15-37(16-13-24)23-8-6-22(7-9-23)33-31-34-29-25(11-14-32-29)30(35-31)40-27-4-2-3-21-5-10-26(39)28(21)27/h2-4,6-9,11,14,24H,5,10,12-13,15-20H2,1H3,(H2,32,33,34,35). The van der Waals surface area contributed by atoms with Crippen LogP contribution in [0.2, 0.25) is 0 Å². The number of hydrogen-bond donors (Lipinski definition) is 2. The monoisotopic (exact) mass is 537 g/mol. The smallest absolute Gasteiger partial charge is 0.233 e. The first-order chi connectivity index (χ1) is 19.6. The second-order valence-electron chi connectivity index (χ2n) is 11.1. The molecule has 0 saturated carbocycles. The molecule has 2 aromatic heterocycles. The lowest BCUT2D eigenvalue weighted by Gasteiger charge is -2.42. The third-order valence-electron chi connectivity index (χ3n) is 8.61. The van der Waals surface area contributed by atoms with E-state index in [4.69, 9.17) is 9.72 Å². The van der Waals surface area contributed by atoms with Crippen molar-refractivity contribution in [3.05, 3.63) is 65.9 Å². The van der Waals surface area contributed by atoms with Gasteiger partial charge in [-0.05, 0) is 68.3 Å². The van der Waals surface area contributed by atoms with Crippen LogP contribution in [0, 0.1) is 0 Å². The van der Waals surface area contributed by atoms with Crippen LogP contribution in [-0.2, 0) is 6.42 Å². The molecule has 4 aromatic rings. The van der Waals surface area contributed by atoms with E-state index in [-0.39, 0.29) is 5.78 Å². The molecule has 40 heavy (non-hydrogen) atoms. The molecule has 0 amide bonds. The molecule has 9 nitrogen and oxygen atoms in total. The summed E-state index contributed by atoms with van der Waals surface area (Å²) in [5.41, 5.74) is 4.52. The van der Waals surface area contributed by atoms with Gasteiger partial charge in [0.1, 0.15) is 11.4 Å². The molecule has 2 aromatic carbocycles. The van der Waals surface area contributed by atoms with Crippen molar-refractivity contribution in [2.45, 2.75) is 31.7 Å². The fourth-order valence-electron chi connectivity index (χ4n) is 6.27.